The Morgan fingerprint density at radius 3 is 0.981 bits per heavy atom. The van der Waals surface area contributed by atoms with Gasteiger partial charge in [-0.3, -0.25) is 0 Å². The fraction of sp³-hybridized carbons (Fsp3) is 0.641. The summed E-state index contributed by atoms with van der Waals surface area (Å²) in [6.45, 7) is 11.0. The summed E-state index contributed by atoms with van der Waals surface area (Å²) in [7, 11) is 0. The molecule has 1 N–H and O–H groups in total. The van der Waals surface area contributed by atoms with Gasteiger partial charge in [0.2, 0.25) is 0 Å². The van der Waals surface area contributed by atoms with Crippen LogP contribution in [0, 0.1) is 0 Å². The van der Waals surface area contributed by atoms with Crippen molar-refractivity contribution in [3.8, 4) is 0 Å². The molecule has 0 fully saturated rings. The Labute approximate surface area is 320 Å². The van der Waals surface area contributed by atoms with Crippen molar-refractivity contribution in [3.63, 3.8) is 0 Å². The molecule has 0 unspecified atom stereocenters. The lowest BCUT2D eigenvalue weighted by Gasteiger charge is -2.08. The van der Waals surface area contributed by atoms with Crippen LogP contribution in [0.25, 0.3) is 0 Å². The fourth-order valence-corrected chi connectivity index (χ4v) is 3.84. The van der Waals surface area contributed by atoms with E-state index in [0.29, 0.717) is 112 Å². The molecule has 0 amide bonds. The molecule has 0 saturated carbocycles. The van der Waals surface area contributed by atoms with Crippen LogP contribution in [0.1, 0.15) is 24.5 Å². The molecule has 0 aliphatic rings. The maximum Gasteiger partial charge on any atom is 0.332 e. The SMILES string of the molecule is CCCOCCOCCOCCOCCOCC(=O)OCc1ccccc1.O=C(COCCOCCOCCOCCOCCO)OCc1ccccc1. The van der Waals surface area contributed by atoms with Gasteiger partial charge in [0.15, 0.2) is 0 Å². The lowest BCUT2D eigenvalue weighted by atomic mass is 10.2. The first-order valence-electron chi connectivity index (χ1n) is 18.4. The molecule has 2 aromatic carbocycles. The smallest absolute Gasteiger partial charge is 0.332 e. The topological polar surface area (TPSA) is 165 Å². The highest BCUT2D eigenvalue weighted by Gasteiger charge is 2.05. The maximum absolute atomic E-state index is 11.5. The number of aliphatic hydroxyl groups is 1. The summed E-state index contributed by atoms with van der Waals surface area (Å²) in [5.41, 5.74) is 1.89. The van der Waals surface area contributed by atoms with E-state index in [4.69, 9.17) is 61.9 Å². The minimum absolute atomic E-state index is 0.0203. The van der Waals surface area contributed by atoms with Crippen LogP contribution in [0.4, 0.5) is 0 Å². The first-order valence-corrected chi connectivity index (χ1v) is 18.4. The lowest BCUT2D eigenvalue weighted by molar-refractivity contribution is -0.151. The van der Waals surface area contributed by atoms with Crippen LogP contribution in [0.5, 0.6) is 0 Å². The number of hydrogen-bond donors (Lipinski definition) is 1. The van der Waals surface area contributed by atoms with Gasteiger partial charge < -0.3 is 61.9 Å². The van der Waals surface area contributed by atoms with Crippen molar-refractivity contribution in [2.24, 2.45) is 0 Å². The molecule has 0 radical (unpaired) electrons. The molecule has 0 aliphatic heterocycles. The Kier molecular flexibility index (Phi) is 35.9. The highest BCUT2D eigenvalue weighted by molar-refractivity contribution is 5.71. The van der Waals surface area contributed by atoms with E-state index in [-0.39, 0.29) is 39.0 Å². The summed E-state index contributed by atoms with van der Waals surface area (Å²) < 4.78 is 63.0. The molecule has 0 aliphatic carbocycles. The number of carbonyl (C=O) groups excluding carboxylic acids is 2. The molecule has 2 rings (SSSR count). The zero-order valence-corrected chi connectivity index (χ0v) is 31.9. The second-order valence-electron chi connectivity index (χ2n) is 11.0. The number of benzene rings is 2. The summed E-state index contributed by atoms with van der Waals surface area (Å²) >= 11 is 0. The summed E-state index contributed by atoms with van der Waals surface area (Å²) in [5, 5.41) is 8.52. The third-order valence-corrected chi connectivity index (χ3v) is 6.49. The highest BCUT2D eigenvalue weighted by atomic mass is 16.6. The monoisotopic (exact) mass is 770 g/mol. The first kappa shape index (κ1) is 49.0. The summed E-state index contributed by atoms with van der Waals surface area (Å²) in [6.07, 6.45) is 1.02. The zero-order chi connectivity index (χ0) is 38.8. The number of ether oxygens (including phenoxy) is 12. The predicted molar refractivity (Wildman–Crippen MR) is 198 cm³/mol. The number of esters is 2. The van der Waals surface area contributed by atoms with Crippen molar-refractivity contribution in [1.29, 1.82) is 0 Å². The molecule has 54 heavy (non-hydrogen) atoms. The average Bonchev–Trinajstić information content (AvgIpc) is 3.20. The third kappa shape index (κ3) is 34.7. The maximum atomic E-state index is 11.5. The van der Waals surface area contributed by atoms with Gasteiger partial charge in [-0.15, -0.1) is 0 Å². The van der Waals surface area contributed by atoms with E-state index in [0.717, 1.165) is 24.2 Å². The van der Waals surface area contributed by atoms with Crippen LogP contribution in [0.15, 0.2) is 60.7 Å². The average molecular weight is 771 g/mol. The summed E-state index contributed by atoms with van der Waals surface area (Å²) in [6, 6.07) is 19.0. The zero-order valence-electron chi connectivity index (χ0n) is 31.9. The van der Waals surface area contributed by atoms with Gasteiger partial charge in [0, 0.05) is 6.61 Å². The highest BCUT2D eigenvalue weighted by Crippen LogP contribution is 2.02. The number of rotatable bonds is 36. The quantitative estimate of drug-likeness (QED) is 0.0794. The van der Waals surface area contributed by atoms with Gasteiger partial charge in [0.05, 0.1) is 119 Å². The Morgan fingerprint density at radius 1 is 0.407 bits per heavy atom. The Morgan fingerprint density at radius 2 is 0.685 bits per heavy atom. The van der Waals surface area contributed by atoms with Crippen molar-refractivity contribution in [2.75, 3.05) is 139 Å². The largest absolute Gasteiger partial charge is 0.459 e. The van der Waals surface area contributed by atoms with Gasteiger partial charge >= 0.3 is 11.9 Å². The Hall–Kier alpha value is -3.06. The molecule has 15 heteroatoms. The van der Waals surface area contributed by atoms with E-state index in [1.165, 1.54) is 0 Å². The molecule has 0 heterocycles. The number of carbonyl (C=O) groups is 2. The van der Waals surface area contributed by atoms with E-state index in [9.17, 15) is 9.59 Å². The summed E-state index contributed by atoms with van der Waals surface area (Å²) in [4.78, 5) is 23.0. The Balaban J connectivity index is 0.000000540. The molecule has 0 bridgehead atoms. The number of aliphatic hydroxyl groups excluding tert-OH is 1. The van der Waals surface area contributed by atoms with E-state index >= 15 is 0 Å². The molecule has 0 atom stereocenters. The van der Waals surface area contributed by atoms with Crippen LogP contribution in [0.2, 0.25) is 0 Å². The van der Waals surface area contributed by atoms with Gasteiger partial charge in [-0.25, -0.2) is 9.59 Å². The number of hydrogen-bond acceptors (Lipinski definition) is 15. The van der Waals surface area contributed by atoms with Gasteiger partial charge in [-0.2, -0.15) is 0 Å². The van der Waals surface area contributed by atoms with Crippen LogP contribution in [-0.2, 0) is 79.6 Å². The van der Waals surface area contributed by atoms with E-state index < -0.39 is 5.97 Å². The molecular formula is C39H62O15. The second kappa shape index (κ2) is 39.6. The minimum Gasteiger partial charge on any atom is -0.459 e. The van der Waals surface area contributed by atoms with Gasteiger partial charge in [-0.05, 0) is 17.5 Å². The minimum atomic E-state index is -0.399. The lowest BCUT2D eigenvalue weighted by Crippen LogP contribution is -2.16. The predicted octanol–water partition coefficient (Wildman–Crippen LogP) is 3.03. The second-order valence-corrected chi connectivity index (χ2v) is 11.0. The van der Waals surface area contributed by atoms with Crippen LogP contribution in [0.3, 0.4) is 0 Å². The van der Waals surface area contributed by atoms with E-state index in [1.54, 1.807) is 0 Å². The fourth-order valence-electron chi connectivity index (χ4n) is 3.84. The van der Waals surface area contributed by atoms with Crippen LogP contribution >= 0.6 is 0 Å². The van der Waals surface area contributed by atoms with Crippen molar-refractivity contribution in [1.82, 2.24) is 0 Å². The molecule has 2 aromatic rings. The normalized spacial score (nSPS) is 10.9. The molecule has 0 aromatic heterocycles. The van der Waals surface area contributed by atoms with Crippen LogP contribution in [-0.4, -0.2) is 156 Å². The standard InChI is InChI=1S/C20H32O7.C19H30O8/c1-2-8-22-9-10-23-11-12-24-13-14-25-15-16-26-18-20(21)27-17-19-6-4-3-5-7-19;20-6-7-22-8-9-23-10-11-24-12-13-25-14-15-26-17-19(21)27-16-18-4-2-1-3-5-18/h3-7H,2,8-18H2,1H3;1-5,20H,6-17H2. The molecule has 0 saturated heterocycles. The van der Waals surface area contributed by atoms with Crippen LogP contribution < -0.4 is 0 Å². The van der Waals surface area contributed by atoms with Gasteiger partial charge in [0.1, 0.15) is 26.4 Å². The van der Waals surface area contributed by atoms with Crippen molar-refractivity contribution < 1.29 is 71.5 Å². The third-order valence-electron chi connectivity index (χ3n) is 6.49. The molecule has 15 nitrogen and oxygen atoms in total. The van der Waals surface area contributed by atoms with Gasteiger partial charge in [0.25, 0.3) is 0 Å². The van der Waals surface area contributed by atoms with E-state index in [1.807, 2.05) is 60.7 Å². The van der Waals surface area contributed by atoms with Crippen molar-refractivity contribution in [3.05, 3.63) is 71.8 Å². The first-order chi connectivity index (χ1) is 26.7. The Bertz CT molecular complexity index is 993. The molecule has 308 valence electrons. The summed E-state index contributed by atoms with van der Waals surface area (Å²) in [5.74, 6) is -0.786. The van der Waals surface area contributed by atoms with Crippen molar-refractivity contribution >= 4 is 11.9 Å². The van der Waals surface area contributed by atoms with Crippen molar-refractivity contribution in [2.45, 2.75) is 26.6 Å². The van der Waals surface area contributed by atoms with E-state index in [2.05, 4.69) is 6.92 Å². The molecular weight excluding hydrogens is 708 g/mol. The van der Waals surface area contributed by atoms with Gasteiger partial charge in [-0.1, -0.05) is 67.6 Å². The molecule has 0 spiro atoms.